The number of benzene rings is 7. The Morgan fingerprint density at radius 1 is 0.434 bits per heavy atom. The van der Waals surface area contributed by atoms with E-state index >= 15 is 4.79 Å². The van der Waals surface area contributed by atoms with Crippen molar-refractivity contribution in [3.63, 3.8) is 0 Å². The van der Waals surface area contributed by atoms with Gasteiger partial charge in [-0.3, -0.25) is 8.97 Å². The van der Waals surface area contributed by atoms with Crippen LogP contribution >= 0.6 is 0 Å². The molecule has 3 heteroatoms. The number of rotatable bonds is 3. The van der Waals surface area contributed by atoms with E-state index in [2.05, 4.69) is 172 Å². The van der Waals surface area contributed by atoms with Gasteiger partial charge in [0.05, 0.1) is 22.4 Å². The number of nitrogens with zero attached hydrogens (tertiary/aromatic N) is 2. The molecule has 0 bridgehead atoms. The normalized spacial score (nSPS) is 12.9. The Hall–Kier alpha value is -6.71. The van der Waals surface area contributed by atoms with Crippen molar-refractivity contribution in [1.29, 1.82) is 0 Å². The zero-order valence-corrected chi connectivity index (χ0v) is 29.6. The first-order valence-corrected chi connectivity index (χ1v) is 18.2. The quantitative estimate of drug-likeness (QED) is 0.182. The third-order valence-electron chi connectivity index (χ3n) is 11.2. The van der Waals surface area contributed by atoms with Crippen molar-refractivity contribution in [3.05, 3.63) is 204 Å². The Balaban J connectivity index is 1.46. The molecule has 3 heterocycles. The van der Waals surface area contributed by atoms with Crippen LogP contribution in [0.2, 0.25) is 0 Å². The third kappa shape index (κ3) is 4.78. The maximum absolute atomic E-state index is 15.6. The van der Waals surface area contributed by atoms with Crippen LogP contribution in [0.25, 0.3) is 77.9 Å². The fourth-order valence-electron chi connectivity index (χ4n) is 8.61. The van der Waals surface area contributed by atoms with Crippen molar-refractivity contribution >= 4 is 16.4 Å². The molecule has 9 aromatic rings. The minimum atomic E-state index is -0.385. The molecule has 1 aliphatic rings. The predicted octanol–water partition coefficient (Wildman–Crippen LogP) is 12.2. The van der Waals surface area contributed by atoms with E-state index in [9.17, 15) is 0 Å². The van der Waals surface area contributed by atoms with Crippen LogP contribution in [0.15, 0.2) is 187 Å². The van der Waals surface area contributed by atoms with Gasteiger partial charge in [0.15, 0.2) is 0 Å². The molecule has 0 spiro atoms. The summed E-state index contributed by atoms with van der Waals surface area (Å²) in [5.41, 5.74) is 15.2. The first kappa shape index (κ1) is 31.1. The van der Waals surface area contributed by atoms with Crippen LogP contribution in [0.5, 0.6) is 0 Å². The lowest BCUT2D eigenvalue weighted by Crippen LogP contribution is -2.28. The van der Waals surface area contributed by atoms with Gasteiger partial charge in [-0.1, -0.05) is 159 Å². The Kier molecular flexibility index (Phi) is 6.99. The second-order valence-corrected chi connectivity index (χ2v) is 14.5. The van der Waals surface area contributed by atoms with Gasteiger partial charge in [-0.25, -0.2) is 4.79 Å². The first-order chi connectivity index (χ1) is 26.0. The van der Waals surface area contributed by atoms with Gasteiger partial charge in [0.25, 0.3) is 0 Å². The Morgan fingerprint density at radius 2 is 0.962 bits per heavy atom. The SMILES string of the molecule is CC1(C)c2ccccc2-c2cc(-c3ccccc3)ccc2-n2c(=O)n3c(-c4ccccc4)ccc3c3cc(-c4ccccc4)cc(c32)-c2ccccc21. The highest BCUT2D eigenvalue weighted by molar-refractivity contribution is 6.07. The molecule has 0 aliphatic carbocycles. The number of fused-ring (bicyclic) bond motifs is 8. The van der Waals surface area contributed by atoms with Crippen molar-refractivity contribution in [2.45, 2.75) is 19.3 Å². The number of hydrogen-bond acceptors (Lipinski definition) is 1. The predicted molar refractivity (Wildman–Crippen MR) is 220 cm³/mol. The monoisotopic (exact) mass is 680 g/mol. The standard InChI is InChI=1S/C50H36N2O/c1-50(2)43-24-14-12-22-38(43)40-30-36(33-16-6-3-7-17-33)26-27-46(40)52-48-41(39-23-13-15-25-44(39)50)31-37(34-18-8-4-9-19-34)32-42(48)47-29-28-45(51(47)49(52)53)35-20-10-5-11-21-35/h3-32H,1-2H3. The molecular formula is C50H36N2O. The molecule has 0 saturated carbocycles. The minimum Gasteiger partial charge on any atom is -0.261 e. The Labute approximate surface area is 308 Å². The van der Waals surface area contributed by atoms with E-state index in [1.807, 2.05) is 33.2 Å². The van der Waals surface area contributed by atoms with Gasteiger partial charge < -0.3 is 0 Å². The molecule has 0 saturated heterocycles. The van der Waals surface area contributed by atoms with E-state index in [0.29, 0.717) is 0 Å². The van der Waals surface area contributed by atoms with Crippen LogP contribution in [0, 0.1) is 0 Å². The highest BCUT2D eigenvalue weighted by Crippen LogP contribution is 2.48. The molecule has 0 amide bonds. The summed E-state index contributed by atoms with van der Waals surface area (Å²) in [7, 11) is 0. The van der Waals surface area contributed by atoms with Crippen LogP contribution in [0.4, 0.5) is 0 Å². The maximum Gasteiger partial charge on any atom is 0.338 e. The lowest BCUT2D eigenvalue weighted by Gasteiger charge is -2.33. The highest BCUT2D eigenvalue weighted by Gasteiger charge is 2.33. The number of aromatic nitrogens is 2. The molecule has 2 aromatic heterocycles. The summed E-state index contributed by atoms with van der Waals surface area (Å²) in [6.07, 6.45) is 0. The maximum atomic E-state index is 15.6. The zero-order chi connectivity index (χ0) is 35.7. The number of hydrogen-bond donors (Lipinski definition) is 0. The highest BCUT2D eigenvalue weighted by atomic mass is 16.1. The Morgan fingerprint density at radius 3 is 1.60 bits per heavy atom. The van der Waals surface area contributed by atoms with E-state index in [-0.39, 0.29) is 11.1 Å². The topological polar surface area (TPSA) is 26.4 Å². The smallest absolute Gasteiger partial charge is 0.261 e. The van der Waals surface area contributed by atoms with Crippen molar-refractivity contribution < 1.29 is 0 Å². The molecule has 1 aliphatic heterocycles. The van der Waals surface area contributed by atoms with Gasteiger partial charge in [-0.15, -0.1) is 0 Å². The fraction of sp³-hybridized carbons (Fsp3) is 0.0600. The van der Waals surface area contributed by atoms with Gasteiger partial charge in [0, 0.05) is 21.9 Å². The van der Waals surface area contributed by atoms with Crippen molar-refractivity contribution in [2.75, 3.05) is 0 Å². The zero-order valence-electron chi connectivity index (χ0n) is 29.6. The van der Waals surface area contributed by atoms with Crippen LogP contribution in [0.1, 0.15) is 25.0 Å². The van der Waals surface area contributed by atoms with Crippen LogP contribution in [-0.2, 0) is 5.41 Å². The third-order valence-corrected chi connectivity index (χ3v) is 11.2. The van der Waals surface area contributed by atoms with Gasteiger partial charge in [0.1, 0.15) is 0 Å². The molecule has 0 N–H and O–H groups in total. The average Bonchev–Trinajstić information content (AvgIpc) is 3.68. The summed E-state index contributed by atoms with van der Waals surface area (Å²) in [4.78, 5) is 15.6. The summed E-state index contributed by atoms with van der Waals surface area (Å²) < 4.78 is 3.91. The van der Waals surface area contributed by atoms with Crippen molar-refractivity contribution in [1.82, 2.24) is 8.97 Å². The van der Waals surface area contributed by atoms with Crippen LogP contribution < -0.4 is 5.69 Å². The van der Waals surface area contributed by atoms with Gasteiger partial charge in [-0.2, -0.15) is 0 Å². The van der Waals surface area contributed by atoms with E-state index in [0.717, 1.165) is 77.9 Å². The van der Waals surface area contributed by atoms with Crippen molar-refractivity contribution in [3.8, 4) is 61.5 Å². The first-order valence-electron chi connectivity index (χ1n) is 18.2. The lowest BCUT2D eigenvalue weighted by atomic mass is 9.72. The lowest BCUT2D eigenvalue weighted by molar-refractivity contribution is 0.644. The van der Waals surface area contributed by atoms with Gasteiger partial charge in [-0.05, 0) is 86.5 Å². The van der Waals surface area contributed by atoms with Gasteiger partial charge in [0.2, 0.25) is 0 Å². The summed E-state index contributed by atoms with van der Waals surface area (Å²) in [6, 6.07) is 64.2. The minimum absolute atomic E-state index is 0.103. The molecule has 3 nitrogen and oxygen atoms in total. The largest absolute Gasteiger partial charge is 0.338 e. The molecule has 53 heavy (non-hydrogen) atoms. The summed E-state index contributed by atoms with van der Waals surface area (Å²) in [6.45, 7) is 4.67. The molecule has 0 radical (unpaired) electrons. The second-order valence-electron chi connectivity index (χ2n) is 14.5. The van der Waals surface area contributed by atoms with E-state index in [4.69, 9.17) is 0 Å². The summed E-state index contributed by atoms with van der Waals surface area (Å²) in [5.74, 6) is 0. The molecule has 10 rings (SSSR count). The van der Waals surface area contributed by atoms with E-state index < -0.39 is 0 Å². The molecule has 0 atom stereocenters. The van der Waals surface area contributed by atoms with Crippen LogP contribution in [0.3, 0.4) is 0 Å². The summed E-state index contributed by atoms with van der Waals surface area (Å²) in [5, 5.41) is 1.02. The summed E-state index contributed by atoms with van der Waals surface area (Å²) >= 11 is 0. The Bertz CT molecular complexity index is 2920. The molecule has 0 unspecified atom stereocenters. The van der Waals surface area contributed by atoms with E-state index in [1.54, 1.807) is 0 Å². The molecular weight excluding hydrogens is 645 g/mol. The molecule has 0 fully saturated rings. The molecule has 7 aromatic carbocycles. The molecule has 252 valence electrons. The second kappa shape index (κ2) is 11.9. The van der Waals surface area contributed by atoms with Crippen LogP contribution in [-0.4, -0.2) is 8.97 Å². The van der Waals surface area contributed by atoms with Crippen molar-refractivity contribution in [2.24, 2.45) is 0 Å². The fourth-order valence-corrected chi connectivity index (χ4v) is 8.61. The van der Waals surface area contributed by atoms with E-state index in [1.165, 1.54) is 11.1 Å². The average molecular weight is 681 g/mol. The van der Waals surface area contributed by atoms with Gasteiger partial charge >= 0.3 is 5.69 Å².